The molecule has 0 N–H and O–H groups in total. The number of ether oxygens (including phenoxy) is 1. The zero-order valence-electron chi connectivity index (χ0n) is 10.0. The molecule has 1 fully saturated rings. The summed E-state index contributed by atoms with van der Waals surface area (Å²) in [5, 5.41) is 9.77. The molecule has 0 spiro atoms. The third-order valence-corrected chi connectivity index (χ3v) is 3.08. The van der Waals surface area contributed by atoms with Gasteiger partial charge >= 0.3 is 0 Å². The van der Waals surface area contributed by atoms with Crippen LogP contribution < -0.4 is 4.90 Å². The average molecular weight is 251 g/mol. The maximum absolute atomic E-state index is 9.12. The average Bonchev–Trinajstić information content (AvgIpc) is 2.27. The Labute approximate surface area is 107 Å². The molecule has 0 radical (unpaired) electrons. The molecule has 0 unspecified atom stereocenters. The summed E-state index contributed by atoms with van der Waals surface area (Å²) in [6, 6.07) is 7.56. The summed E-state index contributed by atoms with van der Waals surface area (Å²) < 4.78 is 5.66. The summed E-state index contributed by atoms with van der Waals surface area (Å²) in [6.45, 7) is 6.33. The zero-order chi connectivity index (χ0) is 12.5. The Morgan fingerprint density at radius 1 is 1.47 bits per heavy atom. The molecule has 1 aliphatic rings. The Morgan fingerprint density at radius 3 is 2.88 bits per heavy atom. The predicted molar refractivity (Wildman–Crippen MR) is 68.4 cm³/mol. The van der Waals surface area contributed by atoms with E-state index in [0.29, 0.717) is 17.2 Å². The van der Waals surface area contributed by atoms with Crippen LogP contribution in [0.15, 0.2) is 18.2 Å². The van der Waals surface area contributed by atoms with Crippen LogP contribution >= 0.6 is 11.6 Å². The van der Waals surface area contributed by atoms with Gasteiger partial charge in [-0.3, -0.25) is 0 Å². The summed E-state index contributed by atoms with van der Waals surface area (Å²) in [5.74, 6) is 0. The van der Waals surface area contributed by atoms with Crippen molar-refractivity contribution < 1.29 is 4.74 Å². The van der Waals surface area contributed by atoms with E-state index in [1.165, 1.54) is 0 Å². The summed E-state index contributed by atoms with van der Waals surface area (Å²) >= 11 is 6.00. The molecular weight excluding hydrogens is 236 g/mol. The van der Waals surface area contributed by atoms with Gasteiger partial charge in [0.25, 0.3) is 0 Å². The van der Waals surface area contributed by atoms with Crippen LogP contribution in [-0.4, -0.2) is 25.3 Å². The SMILES string of the molecule is CC1(C)CN(c2cc(Cl)ccc2C#N)CCO1. The summed E-state index contributed by atoms with van der Waals surface area (Å²) in [4.78, 5) is 2.16. The minimum absolute atomic E-state index is 0.187. The fourth-order valence-corrected chi connectivity index (χ4v) is 2.25. The zero-order valence-corrected chi connectivity index (χ0v) is 10.8. The van der Waals surface area contributed by atoms with Gasteiger partial charge in [0.2, 0.25) is 0 Å². The van der Waals surface area contributed by atoms with Gasteiger partial charge in [0.05, 0.1) is 23.5 Å². The highest BCUT2D eigenvalue weighted by atomic mass is 35.5. The third kappa shape index (κ3) is 2.71. The van der Waals surface area contributed by atoms with E-state index in [-0.39, 0.29) is 5.60 Å². The Bertz CT molecular complexity index is 465. The van der Waals surface area contributed by atoms with Crippen molar-refractivity contribution in [2.24, 2.45) is 0 Å². The number of nitrogens with zero attached hydrogens (tertiary/aromatic N) is 2. The first-order valence-corrected chi connectivity index (χ1v) is 5.98. The van der Waals surface area contributed by atoms with Crippen LogP contribution in [0.1, 0.15) is 19.4 Å². The first-order valence-electron chi connectivity index (χ1n) is 5.60. The van der Waals surface area contributed by atoms with Crippen LogP contribution in [-0.2, 0) is 4.74 Å². The van der Waals surface area contributed by atoms with Gasteiger partial charge in [-0.25, -0.2) is 0 Å². The number of benzene rings is 1. The van der Waals surface area contributed by atoms with E-state index in [1.807, 2.05) is 6.07 Å². The van der Waals surface area contributed by atoms with E-state index in [1.54, 1.807) is 12.1 Å². The van der Waals surface area contributed by atoms with E-state index < -0.39 is 0 Å². The second-order valence-corrected chi connectivity index (χ2v) is 5.24. The number of hydrogen-bond donors (Lipinski definition) is 0. The topological polar surface area (TPSA) is 36.3 Å². The van der Waals surface area contributed by atoms with Crippen molar-refractivity contribution in [3.63, 3.8) is 0 Å². The molecule has 0 atom stereocenters. The molecule has 90 valence electrons. The van der Waals surface area contributed by atoms with Crippen molar-refractivity contribution in [2.45, 2.75) is 19.4 Å². The van der Waals surface area contributed by atoms with Crippen LogP contribution in [0, 0.1) is 11.3 Å². The van der Waals surface area contributed by atoms with E-state index in [2.05, 4.69) is 24.8 Å². The fourth-order valence-electron chi connectivity index (χ4n) is 2.08. The maximum Gasteiger partial charge on any atom is 0.101 e. The predicted octanol–water partition coefficient (Wildman–Crippen LogP) is 2.83. The minimum atomic E-state index is -0.187. The highest BCUT2D eigenvalue weighted by Gasteiger charge is 2.28. The molecule has 1 aromatic rings. The van der Waals surface area contributed by atoms with Gasteiger partial charge in [0.1, 0.15) is 6.07 Å². The summed E-state index contributed by atoms with van der Waals surface area (Å²) in [6.07, 6.45) is 0. The molecule has 3 nitrogen and oxygen atoms in total. The number of hydrogen-bond acceptors (Lipinski definition) is 3. The molecule has 2 rings (SSSR count). The lowest BCUT2D eigenvalue weighted by molar-refractivity contribution is -0.0277. The van der Waals surface area contributed by atoms with E-state index in [0.717, 1.165) is 18.8 Å². The fraction of sp³-hybridized carbons (Fsp3) is 0.462. The molecule has 0 aliphatic carbocycles. The molecule has 0 saturated carbocycles. The molecule has 1 aliphatic heterocycles. The van der Waals surface area contributed by atoms with Crippen molar-refractivity contribution in [3.05, 3.63) is 28.8 Å². The van der Waals surface area contributed by atoms with Crippen molar-refractivity contribution >= 4 is 17.3 Å². The Morgan fingerprint density at radius 2 is 2.24 bits per heavy atom. The number of rotatable bonds is 1. The molecule has 1 heterocycles. The van der Waals surface area contributed by atoms with Gasteiger partial charge < -0.3 is 9.64 Å². The van der Waals surface area contributed by atoms with Gasteiger partial charge in [-0.2, -0.15) is 5.26 Å². The van der Waals surface area contributed by atoms with Crippen molar-refractivity contribution in [1.82, 2.24) is 0 Å². The summed E-state index contributed by atoms with van der Waals surface area (Å²) in [5.41, 5.74) is 1.37. The monoisotopic (exact) mass is 250 g/mol. The van der Waals surface area contributed by atoms with Crippen molar-refractivity contribution in [3.8, 4) is 6.07 Å². The molecule has 0 aromatic heterocycles. The van der Waals surface area contributed by atoms with Crippen LogP contribution in [0.4, 0.5) is 5.69 Å². The van der Waals surface area contributed by atoms with Crippen LogP contribution in [0.2, 0.25) is 5.02 Å². The van der Waals surface area contributed by atoms with Gasteiger partial charge in [-0.05, 0) is 32.0 Å². The second-order valence-electron chi connectivity index (χ2n) is 4.80. The van der Waals surface area contributed by atoms with Crippen LogP contribution in [0.25, 0.3) is 0 Å². The first kappa shape index (κ1) is 12.2. The lowest BCUT2D eigenvalue weighted by Gasteiger charge is -2.39. The largest absolute Gasteiger partial charge is 0.372 e. The minimum Gasteiger partial charge on any atom is -0.372 e. The molecule has 1 aromatic carbocycles. The van der Waals surface area contributed by atoms with Gasteiger partial charge in [-0.15, -0.1) is 0 Å². The summed E-state index contributed by atoms with van der Waals surface area (Å²) in [7, 11) is 0. The number of halogens is 1. The van der Waals surface area contributed by atoms with Crippen molar-refractivity contribution in [2.75, 3.05) is 24.6 Å². The molecule has 1 saturated heterocycles. The number of nitriles is 1. The lowest BCUT2D eigenvalue weighted by atomic mass is 10.1. The van der Waals surface area contributed by atoms with Gasteiger partial charge in [-0.1, -0.05) is 11.6 Å². The Kier molecular flexibility index (Phi) is 3.28. The van der Waals surface area contributed by atoms with E-state index >= 15 is 0 Å². The lowest BCUT2D eigenvalue weighted by Crippen LogP contribution is -2.48. The molecular formula is C13H15ClN2O. The normalized spacial score (nSPS) is 18.8. The highest BCUT2D eigenvalue weighted by molar-refractivity contribution is 6.30. The molecule has 0 amide bonds. The smallest absolute Gasteiger partial charge is 0.101 e. The van der Waals surface area contributed by atoms with Crippen LogP contribution in [0.5, 0.6) is 0 Å². The molecule has 17 heavy (non-hydrogen) atoms. The Balaban J connectivity index is 2.33. The number of morpholine rings is 1. The third-order valence-electron chi connectivity index (χ3n) is 2.85. The molecule has 4 heteroatoms. The standard InChI is InChI=1S/C13H15ClN2O/c1-13(2)9-16(5-6-17-13)12-7-11(14)4-3-10(12)8-15/h3-4,7H,5-6,9H2,1-2H3. The molecule has 0 bridgehead atoms. The first-order chi connectivity index (χ1) is 8.02. The quantitative estimate of drug-likeness (QED) is 0.769. The van der Waals surface area contributed by atoms with Gasteiger partial charge in [0.15, 0.2) is 0 Å². The van der Waals surface area contributed by atoms with E-state index in [4.69, 9.17) is 21.6 Å². The second kappa shape index (κ2) is 4.56. The highest BCUT2D eigenvalue weighted by Crippen LogP contribution is 2.28. The van der Waals surface area contributed by atoms with Crippen molar-refractivity contribution in [1.29, 1.82) is 5.26 Å². The Hall–Kier alpha value is -1.24. The number of anilines is 1. The van der Waals surface area contributed by atoms with Gasteiger partial charge in [0, 0.05) is 18.1 Å². The van der Waals surface area contributed by atoms with Crippen LogP contribution in [0.3, 0.4) is 0 Å². The van der Waals surface area contributed by atoms with E-state index in [9.17, 15) is 0 Å². The maximum atomic E-state index is 9.12.